The lowest BCUT2D eigenvalue weighted by molar-refractivity contribution is -0.136. The maximum Gasteiger partial charge on any atom is 0.246 e. The topological polar surface area (TPSA) is 90.2 Å². The highest BCUT2D eigenvalue weighted by Crippen LogP contribution is 2.27. The molecule has 154 valence electrons. The van der Waals surface area contributed by atoms with Crippen LogP contribution >= 0.6 is 11.6 Å². The van der Waals surface area contributed by atoms with Crippen molar-refractivity contribution in [1.82, 2.24) is 4.90 Å². The lowest BCUT2D eigenvalue weighted by atomic mass is 9.99. The van der Waals surface area contributed by atoms with Crippen molar-refractivity contribution >= 4 is 17.5 Å². The molecule has 7 heteroatoms. The fourth-order valence-electron chi connectivity index (χ4n) is 2.78. The molecule has 0 aliphatic rings. The maximum atomic E-state index is 13.1. The summed E-state index contributed by atoms with van der Waals surface area (Å²) in [4.78, 5) is 13.5. The predicted molar refractivity (Wildman–Crippen MR) is 106 cm³/mol. The van der Waals surface area contributed by atoms with Gasteiger partial charge in [-0.1, -0.05) is 30.3 Å². The average Bonchev–Trinajstić information content (AvgIpc) is 2.68. The predicted octanol–water partition coefficient (Wildman–Crippen LogP) is 1.94. The number of hydrogen-bond donors (Lipinski definition) is 3. The minimum atomic E-state index is -1.23. The van der Waals surface area contributed by atoms with E-state index in [0.717, 1.165) is 5.56 Å². The van der Waals surface area contributed by atoms with Crippen LogP contribution in [0.25, 0.3) is 0 Å². The molecule has 6 nitrogen and oxygen atoms in total. The first-order valence-electron chi connectivity index (χ1n) is 9.50. The van der Waals surface area contributed by atoms with Gasteiger partial charge >= 0.3 is 0 Å². The van der Waals surface area contributed by atoms with Gasteiger partial charge in [-0.25, -0.2) is 0 Å². The Kier molecular flexibility index (Phi) is 12.3. The third-order valence-electron chi connectivity index (χ3n) is 4.27. The van der Waals surface area contributed by atoms with E-state index in [9.17, 15) is 4.79 Å². The molecule has 1 rings (SSSR count). The van der Waals surface area contributed by atoms with E-state index in [2.05, 4.69) is 0 Å². The summed E-state index contributed by atoms with van der Waals surface area (Å²) in [7, 11) is 0. The molecule has 0 spiro atoms. The summed E-state index contributed by atoms with van der Waals surface area (Å²) in [5.74, 6) is -0.253. The molecule has 0 radical (unpaired) electrons. The number of rotatable bonds is 15. The van der Waals surface area contributed by atoms with Gasteiger partial charge in [-0.3, -0.25) is 4.79 Å². The van der Waals surface area contributed by atoms with Crippen molar-refractivity contribution in [2.75, 3.05) is 39.5 Å². The van der Waals surface area contributed by atoms with Crippen LogP contribution in [0.3, 0.4) is 0 Å². The molecule has 1 amide bonds. The molecule has 0 fully saturated rings. The van der Waals surface area contributed by atoms with E-state index in [1.54, 1.807) is 4.90 Å². The second-order valence-corrected chi connectivity index (χ2v) is 7.29. The number of nitrogens with zero attached hydrogens (tertiary/aromatic N) is 1. The van der Waals surface area contributed by atoms with Crippen molar-refractivity contribution in [3.8, 4) is 0 Å². The fraction of sp³-hybridized carbons (Fsp3) is 0.650. The molecule has 0 bridgehead atoms. The van der Waals surface area contributed by atoms with Crippen LogP contribution in [0.1, 0.15) is 37.7 Å². The van der Waals surface area contributed by atoms with Crippen LogP contribution in [0.15, 0.2) is 30.3 Å². The third kappa shape index (κ3) is 9.04. The van der Waals surface area contributed by atoms with Crippen LogP contribution < -0.4 is 0 Å². The van der Waals surface area contributed by atoms with Crippen molar-refractivity contribution < 1.29 is 24.9 Å². The normalized spacial score (nSPS) is 13.3. The van der Waals surface area contributed by atoms with Gasteiger partial charge in [0, 0.05) is 32.9 Å². The quantitative estimate of drug-likeness (QED) is 0.308. The van der Waals surface area contributed by atoms with Crippen molar-refractivity contribution in [1.29, 1.82) is 0 Å². The maximum absolute atomic E-state index is 13.1. The Morgan fingerprint density at radius 1 is 0.963 bits per heavy atom. The Morgan fingerprint density at radius 2 is 1.56 bits per heavy atom. The summed E-state index contributed by atoms with van der Waals surface area (Å²) >= 11 is 6.72. The molecule has 1 atom stereocenters. The second-order valence-electron chi connectivity index (χ2n) is 6.57. The number of benzene rings is 1. The van der Waals surface area contributed by atoms with Crippen LogP contribution in [0.4, 0.5) is 0 Å². The van der Waals surface area contributed by atoms with Crippen LogP contribution in [0.2, 0.25) is 0 Å². The largest absolute Gasteiger partial charge is 0.396 e. The van der Waals surface area contributed by atoms with Crippen molar-refractivity contribution in [3.63, 3.8) is 0 Å². The lowest BCUT2D eigenvalue weighted by Crippen LogP contribution is -2.49. The summed E-state index contributed by atoms with van der Waals surface area (Å²) in [6.07, 6.45) is 2.46. The molecular weight excluding hydrogens is 370 g/mol. The standard InChI is InChI=1S/C20H32ClNO5/c21-20(10-4-5-13-23,17-27-16-18-8-2-1-3-9-18)19(26)22(11-6-14-24)12-7-15-25/h1-3,8-9,23-25H,4-7,10-17H2. The SMILES string of the molecule is O=C(N(CCCO)CCCO)C(Cl)(CCCCO)COCc1ccccc1. The Morgan fingerprint density at radius 3 is 2.11 bits per heavy atom. The van der Waals surface area contributed by atoms with Gasteiger partial charge in [-0.05, 0) is 37.7 Å². The number of carbonyl (C=O) groups excluding carboxylic acids is 1. The molecule has 0 saturated carbocycles. The first kappa shape index (κ1) is 23.9. The number of ether oxygens (including phenoxy) is 1. The van der Waals surface area contributed by atoms with Gasteiger partial charge in [0.1, 0.15) is 4.87 Å². The molecular formula is C20H32ClNO5. The summed E-state index contributed by atoms with van der Waals surface area (Å²) in [5.41, 5.74) is 0.997. The van der Waals surface area contributed by atoms with Gasteiger partial charge in [-0.15, -0.1) is 11.6 Å². The monoisotopic (exact) mass is 401 g/mol. The van der Waals surface area contributed by atoms with Crippen molar-refractivity contribution in [2.24, 2.45) is 0 Å². The van der Waals surface area contributed by atoms with E-state index >= 15 is 0 Å². The zero-order valence-corrected chi connectivity index (χ0v) is 16.6. The van der Waals surface area contributed by atoms with Crippen LogP contribution in [0, 0.1) is 0 Å². The molecule has 0 heterocycles. The third-order valence-corrected chi connectivity index (χ3v) is 4.73. The van der Waals surface area contributed by atoms with Gasteiger partial charge in [0.25, 0.3) is 0 Å². The number of carbonyl (C=O) groups is 1. The molecule has 1 unspecified atom stereocenters. The van der Waals surface area contributed by atoms with Gasteiger partial charge < -0.3 is 25.0 Å². The number of halogens is 1. The molecule has 0 aliphatic carbocycles. The molecule has 0 aliphatic heterocycles. The Hall–Kier alpha value is -1.18. The van der Waals surface area contributed by atoms with Gasteiger partial charge in [0.15, 0.2) is 0 Å². The van der Waals surface area contributed by atoms with Gasteiger partial charge in [0.2, 0.25) is 5.91 Å². The van der Waals surface area contributed by atoms with E-state index in [1.807, 2.05) is 30.3 Å². The van der Waals surface area contributed by atoms with Crippen LogP contribution in [-0.4, -0.2) is 70.5 Å². The number of aliphatic hydroxyl groups is 3. The molecule has 0 saturated heterocycles. The molecule has 3 N–H and O–H groups in total. The smallest absolute Gasteiger partial charge is 0.246 e. The molecule has 1 aromatic rings. The molecule has 27 heavy (non-hydrogen) atoms. The summed E-state index contributed by atoms with van der Waals surface area (Å²) in [5, 5.41) is 27.2. The van der Waals surface area contributed by atoms with Crippen LogP contribution in [0.5, 0.6) is 0 Å². The minimum absolute atomic E-state index is 0.0206. The fourth-order valence-corrected chi connectivity index (χ4v) is 3.11. The van der Waals surface area contributed by atoms with E-state index in [0.29, 0.717) is 51.8 Å². The first-order valence-corrected chi connectivity index (χ1v) is 9.87. The number of amides is 1. The van der Waals surface area contributed by atoms with Crippen molar-refractivity contribution in [3.05, 3.63) is 35.9 Å². The lowest BCUT2D eigenvalue weighted by Gasteiger charge is -2.33. The highest BCUT2D eigenvalue weighted by Gasteiger charge is 2.39. The minimum Gasteiger partial charge on any atom is -0.396 e. The zero-order chi connectivity index (χ0) is 20.0. The number of unbranched alkanes of at least 4 members (excludes halogenated alkanes) is 1. The average molecular weight is 402 g/mol. The van der Waals surface area contributed by atoms with E-state index in [-0.39, 0.29) is 32.3 Å². The Labute approximate surface area is 166 Å². The Bertz CT molecular complexity index is 508. The molecule has 1 aromatic carbocycles. The van der Waals surface area contributed by atoms with E-state index < -0.39 is 4.87 Å². The summed E-state index contributed by atoms with van der Waals surface area (Å²) < 4.78 is 5.76. The highest BCUT2D eigenvalue weighted by atomic mass is 35.5. The van der Waals surface area contributed by atoms with Gasteiger partial charge in [-0.2, -0.15) is 0 Å². The Balaban J connectivity index is 2.78. The van der Waals surface area contributed by atoms with Crippen molar-refractivity contribution in [2.45, 2.75) is 43.6 Å². The number of hydrogen-bond acceptors (Lipinski definition) is 5. The number of alkyl halides is 1. The molecule has 0 aromatic heterocycles. The first-order chi connectivity index (χ1) is 13.1. The summed E-state index contributed by atoms with van der Waals surface area (Å²) in [6.45, 7) is 1.18. The zero-order valence-electron chi connectivity index (χ0n) is 15.9. The van der Waals surface area contributed by atoms with Crippen LogP contribution in [-0.2, 0) is 16.1 Å². The summed E-state index contributed by atoms with van der Waals surface area (Å²) in [6, 6.07) is 9.65. The highest BCUT2D eigenvalue weighted by molar-refractivity contribution is 6.35. The van der Waals surface area contributed by atoms with E-state index in [1.165, 1.54) is 0 Å². The van der Waals surface area contributed by atoms with Gasteiger partial charge in [0.05, 0.1) is 13.2 Å². The van der Waals surface area contributed by atoms with E-state index in [4.69, 9.17) is 31.7 Å². The second kappa shape index (κ2) is 13.9. The number of aliphatic hydroxyl groups excluding tert-OH is 3.